The normalized spacial score (nSPS) is 19.1. The molecule has 2 aromatic rings. The van der Waals surface area contributed by atoms with Crippen LogP contribution in [0.5, 0.6) is 0 Å². The van der Waals surface area contributed by atoms with Crippen LogP contribution in [0.3, 0.4) is 0 Å². The van der Waals surface area contributed by atoms with Crippen molar-refractivity contribution in [2.24, 2.45) is 0 Å². The largest absolute Gasteiger partial charge is 0.361 e. The first kappa shape index (κ1) is 11.8. The third-order valence-electron chi connectivity index (χ3n) is 3.57. The summed E-state index contributed by atoms with van der Waals surface area (Å²) in [5, 5.41) is 3.69. The SMILES string of the molecule is CN1CCC(NC(=O)c2cccc3[nH]ccc23)C1=O. The molecular formula is C14H15N3O2. The second-order valence-corrected chi connectivity index (χ2v) is 4.82. The van der Waals surface area contributed by atoms with Gasteiger partial charge in [0.05, 0.1) is 0 Å². The van der Waals surface area contributed by atoms with Crippen molar-refractivity contribution in [3.05, 3.63) is 36.0 Å². The van der Waals surface area contributed by atoms with E-state index in [1.165, 1.54) is 0 Å². The quantitative estimate of drug-likeness (QED) is 0.847. The molecule has 5 heteroatoms. The lowest BCUT2D eigenvalue weighted by Gasteiger charge is -2.12. The van der Waals surface area contributed by atoms with E-state index in [-0.39, 0.29) is 11.8 Å². The fraction of sp³-hybridized carbons (Fsp3) is 0.286. The molecule has 0 radical (unpaired) electrons. The summed E-state index contributed by atoms with van der Waals surface area (Å²) in [5.41, 5.74) is 1.52. The van der Waals surface area contributed by atoms with Crippen molar-refractivity contribution in [3.8, 4) is 0 Å². The van der Waals surface area contributed by atoms with Crippen molar-refractivity contribution in [2.75, 3.05) is 13.6 Å². The van der Waals surface area contributed by atoms with E-state index in [1.807, 2.05) is 18.2 Å². The number of carbonyl (C=O) groups is 2. The van der Waals surface area contributed by atoms with Gasteiger partial charge in [-0.15, -0.1) is 0 Å². The van der Waals surface area contributed by atoms with Crippen LogP contribution in [-0.4, -0.2) is 41.3 Å². The van der Waals surface area contributed by atoms with Crippen LogP contribution in [0, 0.1) is 0 Å². The van der Waals surface area contributed by atoms with Gasteiger partial charge < -0.3 is 15.2 Å². The first-order valence-corrected chi connectivity index (χ1v) is 6.29. The number of nitrogens with zero attached hydrogens (tertiary/aromatic N) is 1. The van der Waals surface area contributed by atoms with Gasteiger partial charge in [-0.2, -0.15) is 0 Å². The molecule has 2 amide bonds. The highest BCUT2D eigenvalue weighted by Gasteiger charge is 2.30. The summed E-state index contributed by atoms with van der Waals surface area (Å²) < 4.78 is 0. The Morgan fingerprint density at radius 3 is 3.00 bits per heavy atom. The Balaban J connectivity index is 1.85. The number of rotatable bonds is 2. The van der Waals surface area contributed by atoms with Crippen LogP contribution in [0.15, 0.2) is 30.5 Å². The predicted octanol–water partition coefficient (Wildman–Crippen LogP) is 1.13. The maximum atomic E-state index is 12.3. The molecule has 0 saturated carbocycles. The maximum absolute atomic E-state index is 12.3. The van der Waals surface area contributed by atoms with Crippen LogP contribution in [-0.2, 0) is 4.79 Å². The standard InChI is InChI=1S/C14H15N3O2/c1-17-8-6-12(14(17)19)16-13(18)10-3-2-4-11-9(10)5-7-15-11/h2-5,7,12,15H,6,8H2,1H3,(H,16,18). The van der Waals surface area contributed by atoms with Gasteiger partial charge in [0.1, 0.15) is 6.04 Å². The van der Waals surface area contributed by atoms with Gasteiger partial charge in [-0.3, -0.25) is 9.59 Å². The van der Waals surface area contributed by atoms with E-state index in [2.05, 4.69) is 10.3 Å². The summed E-state index contributed by atoms with van der Waals surface area (Å²) >= 11 is 0. The van der Waals surface area contributed by atoms with E-state index in [0.29, 0.717) is 18.5 Å². The van der Waals surface area contributed by atoms with E-state index in [1.54, 1.807) is 24.2 Å². The Labute approximate surface area is 110 Å². The lowest BCUT2D eigenvalue weighted by molar-refractivity contribution is -0.128. The molecule has 1 fully saturated rings. The van der Waals surface area contributed by atoms with E-state index in [4.69, 9.17) is 0 Å². The van der Waals surface area contributed by atoms with Crippen molar-refractivity contribution < 1.29 is 9.59 Å². The lowest BCUT2D eigenvalue weighted by Crippen LogP contribution is -2.40. The van der Waals surface area contributed by atoms with Crippen molar-refractivity contribution >= 4 is 22.7 Å². The molecule has 1 saturated heterocycles. The number of aromatic amines is 1. The second kappa shape index (κ2) is 4.42. The molecule has 1 aromatic heterocycles. The van der Waals surface area contributed by atoms with E-state index < -0.39 is 6.04 Å². The summed E-state index contributed by atoms with van der Waals surface area (Å²) in [7, 11) is 1.75. The number of carbonyl (C=O) groups excluding carboxylic acids is 2. The number of amides is 2. The Bertz CT molecular complexity index is 647. The summed E-state index contributed by atoms with van der Waals surface area (Å²) in [6, 6.07) is 6.99. The molecule has 2 N–H and O–H groups in total. The van der Waals surface area contributed by atoms with Gasteiger partial charge in [-0.25, -0.2) is 0 Å². The van der Waals surface area contributed by atoms with Gasteiger partial charge in [0.15, 0.2) is 0 Å². The molecule has 2 heterocycles. The van der Waals surface area contributed by atoms with E-state index in [0.717, 1.165) is 10.9 Å². The molecule has 1 aromatic carbocycles. The van der Waals surface area contributed by atoms with Crippen LogP contribution in [0.2, 0.25) is 0 Å². The van der Waals surface area contributed by atoms with Gasteiger partial charge in [0.25, 0.3) is 5.91 Å². The highest BCUT2D eigenvalue weighted by molar-refractivity contribution is 6.07. The van der Waals surface area contributed by atoms with Gasteiger partial charge in [-0.1, -0.05) is 6.07 Å². The lowest BCUT2D eigenvalue weighted by atomic mass is 10.1. The summed E-state index contributed by atoms with van der Waals surface area (Å²) in [6.07, 6.45) is 2.47. The molecule has 1 unspecified atom stereocenters. The molecule has 1 atom stereocenters. The van der Waals surface area contributed by atoms with Gasteiger partial charge in [0.2, 0.25) is 5.91 Å². The van der Waals surface area contributed by atoms with Gasteiger partial charge >= 0.3 is 0 Å². The number of likely N-dealkylation sites (N-methyl/N-ethyl adjacent to an activating group) is 1. The van der Waals surface area contributed by atoms with Crippen LogP contribution < -0.4 is 5.32 Å². The van der Waals surface area contributed by atoms with Crippen LogP contribution in [0.1, 0.15) is 16.8 Å². The molecule has 3 rings (SSSR count). The monoisotopic (exact) mass is 257 g/mol. The molecular weight excluding hydrogens is 242 g/mol. The highest BCUT2D eigenvalue weighted by Crippen LogP contribution is 2.18. The molecule has 5 nitrogen and oxygen atoms in total. The minimum atomic E-state index is -0.397. The zero-order valence-corrected chi connectivity index (χ0v) is 10.6. The Morgan fingerprint density at radius 1 is 1.42 bits per heavy atom. The molecule has 19 heavy (non-hydrogen) atoms. The number of nitrogens with one attached hydrogen (secondary N) is 2. The maximum Gasteiger partial charge on any atom is 0.252 e. The molecule has 0 aliphatic carbocycles. The fourth-order valence-corrected chi connectivity index (χ4v) is 2.48. The number of benzene rings is 1. The first-order chi connectivity index (χ1) is 9.16. The topological polar surface area (TPSA) is 65.2 Å². The average Bonchev–Trinajstić information content (AvgIpc) is 3.00. The minimum absolute atomic E-state index is 0.0189. The van der Waals surface area contributed by atoms with Crippen molar-refractivity contribution in [1.29, 1.82) is 0 Å². The Hall–Kier alpha value is -2.30. The number of fused-ring (bicyclic) bond motifs is 1. The van der Waals surface area contributed by atoms with E-state index in [9.17, 15) is 9.59 Å². The summed E-state index contributed by atoms with van der Waals surface area (Å²) in [5.74, 6) is -0.214. The Kier molecular flexibility index (Phi) is 2.74. The number of hydrogen-bond acceptors (Lipinski definition) is 2. The van der Waals surface area contributed by atoms with Crippen LogP contribution >= 0.6 is 0 Å². The van der Waals surface area contributed by atoms with Gasteiger partial charge in [-0.05, 0) is 24.6 Å². The first-order valence-electron chi connectivity index (χ1n) is 6.29. The Morgan fingerprint density at radius 2 is 2.26 bits per heavy atom. The summed E-state index contributed by atoms with van der Waals surface area (Å²) in [4.78, 5) is 28.8. The van der Waals surface area contributed by atoms with Crippen molar-refractivity contribution in [1.82, 2.24) is 15.2 Å². The van der Waals surface area contributed by atoms with Crippen LogP contribution in [0.25, 0.3) is 10.9 Å². The fourth-order valence-electron chi connectivity index (χ4n) is 2.48. The minimum Gasteiger partial charge on any atom is -0.361 e. The third kappa shape index (κ3) is 1.97. The average molecular weight is 257 g/mol. The van der Waals surface area contributed by atoms with Gasteiger partial charge in [0, 0.05) is 36.3 Å². The zero-order valence-electron chi connectivity index (χ0n) is 10.6. The smallest absolute Gasteiger partial charge is 0.252 e. The van der Waals surface area contributed by atoms with E-state index >= 15 is 0 Å². The zero-order chi connectivity index (χ0) is 13.4. The number of likely N-dealkylation sites (tertiary alicyclic amines) is 1. The molecule has 0 spiro atoms. The number of aromatic nitrogens is 1. The molecule has 1 aliphatic heterocycles. The van der Waals surface area contributed by atoms with Crippen molar-refractivity contribution in [2.45, 2.75) is 12.5 Å². The summed E-state index contributed by atoms with van der Waals surface area (Å²) in [6.45, 7) is 0.693. The third-order valence-corrected chi connectivity index (χ3v) is 3.57. The van der Waals surface area contributed by atoms with Crippen molar-refractivity contribution in [3.63, 3.8) is 0 Å². The highest BCUT2D eigenvalue weighted by atomic mass is 16.2. The second-order valence-electron chi connectivity index (χ2n) is 4.82. The number of H-pyrrole nitrogens is 1. The molecule has 98 valence electrons. The molecule has 0 bridgehead atoms. The predicted molar refractivity (Wildman–Crippen MR) is 71.8 cm³/mol. The van der Waals surface area contributed by atoms with Crippen LogP contribution in [0.4, 0.5) is 0 Å². The number of hydrogen-bond donors (Lipinski definition) is 2. The molecule has 1 aliphatic rings.